The third kappa shape index (κ3) is 4.48. The number of methoxy groups -OCH3 is 1. The third-order valence-corrected chi connectivity index (χ3v) is 3.40. The molecule has 1 saturated heterocycles. The fourth-order valence-corrected chi connectivity index (χ4v) is 2.23. The topological polar surface area (TPSA) is 36.9 Å². The highest BCUT2D eigenvalue weighted by atomic mass is 16.5. The van der Waals surface area contributed by atoms with Crippen LogP contribution in [0.2, 0.25) is 0 Å². The van der Waals surface area contributed by atoms with E-state index in [1.807, 2.05) is 0 Å². The van der Waals surface area contributed by atoms with Gasteiger partial charge in [0, 0.05) is 26.7 Å². The summed E-state index contributed by atoms with van der Waals surface area (Å²) >= 11 is 0. The Morgan fingerprint density at radius 2 is 1.94 bits per heavy atom. The molecule has 1 atom stereocenters. The zero-order valence-corrected chi connectivity index (χ0v) is 12.6. The van der Waals surface area contributed by atoms with Crippen LogP contribution in [0.4, 0.5) is 0 Å². The quantitative estimate of drug-likeness (QED) is 0.617. The minimum absolute atomic E-state index is 0.126. The molecule has 106 valence electrons. The summed E-state index contributed by atoms with van der Waals surface area (Å²) in [5, 5.41) is 3.38. The van der Waals surface area contributed by atoms with Crippen LogP contribution in [0, 0.1) is 5.41 Å². The summed E-state index contributed by atoms with van der Waals surface area (Å²) in [6.45, 7) is 12.6. The van der Waals surface area contributed by atoms with Crippen molar-refractivity contribution in [2.45, 2.75) is 46.6 Å². The Balaban J connectivity index is 2.63. The van der Waals surface area contributed by atoms with Crippen LogP contribution in [0.5, 0.6) is 0 Å². The van der Waals surface area contributed by atoms with Gasteiger partial charge in [-0.1, -0.05) is 20.8 Å². The molecule has 0 aliphatic carbocycles. The summed E-state index contributed by atoms with van der Waals surface area (Å²) < 4.78 is 5.55. The van der Waals surface area contributed by atoms with E-state index in [9.17, 15) is 0 Å². The molecule has 1 fully saturated rings. The van der Waals surface area contributed by atoms with Crippen molar-refractivity contribution in [2.24, 2.45) is 10.4 Å². The molecular formula is C14H29N3O. The van der Waals surface area contributed by atoms with Gasteiger partial charge in [0.25, 0.3) is 0 Å². The van der Waals surface area contributed by atoms with Crippen LogP contribution in [-0.2, 0) is 4.74 Å². The Hall–Kier alpha value is -0.770. The van der Waals surface area contributed by atoms with Gasteiger partial charge in [-0.3, -0.25) is 4.99 Å². The average molecular weight is 255 g/mol. The van der Waals surface area contributed by atoms with Crippen molar-refractivity contribution in [3.05, 3.63) is 0 Å². The van der Waals surface area contributed by atoms with Crippen molar-refractivity contribution >= 4 is 5.96 Å². The molecule has 1 aliphatic rings. The zero-order chi connectivity index (χ0) is 13.6. The highest BCUT2D eigenvalue weighted by molar-refractivity contribution is 5.80. The van der Waals surface area contributed by atoms with Crippen molar-refractivity contribution in [3.63, 3.8) is 0 Å². The molecule has 1 aliphatic heterocycles. The molecule has 1 N–H and O–H groups in total. The molecule has 0 aromatic heterocycles. The van der Waals surface area contributed by atoms with Crippen LogP contribution >= 0.6 is 0 Å². The Bertz CT molecular complexity index is 265. The second-order valence-corrected chi connectivity index (χ2v) is 5.98. The van der Waals surface area contributed by atoms with E-state index in [1.165, 1.54) is 12.8 Å². The molecular weight excluding hydrogens is 226 g/mol. The maximum absolute atomic E-state index is 5.55. The van der Waals surface area contributed by atoms with Gasteiger partial charge < -0.3 is 15.0 Å². The predicted molar refractivity (Wildman–Crippen MR) is 77.0 cm³/mol. The Kier molecular flexibility index (Phi) is 5.93. The fourth-order valence-electron chi connectivity index (χ4n) is 2.23. The molecule has 0 spiro atoms. The number of hydrogen-bond donors (Lipinski definition) is 1. The predicted octanol–water partition coefficient (Wildman–Crippen LogP) is 2.11. The number of aliphatic imine (C=N–C) groups is 1. The van der Waals surface area contributed by atoms with E-state index in [0.29, 0.717) is 0 Å². The number of likely N-dealkylation sites (tertiary alicyclic amines) is 1. The first-order chi connectivity index (χ1) is 8.49. The van der Waals surface area contributed by atoms with Crippen LogP contribution in [0.25, 0.3) is 0 Å². The van der Waals surface area contributed by atoms with Crippen molar-refractivity contribution in [3.8, 4) is 0 Å². The molecule has 4 nitrogen and oxygen atoms in total. The molecule has 0 aromatic rings. The lowest BCUT2D eigenvalue weighted by Gasteiger charge is -2.29. The normalized spacial score (nSPS) is 19.2. The van der Waals surface area contributed by atoms with Crippen molar-refractivity contribution < 1.29 is 4.74 Å². The third-order valence-electron chi connectivity index (χ3n) is 3.40. The van der Waals surface area contributed by atoms with Crippen molar-refractivity contribution in [1.29, 1.82) is 0 Å². The van der Waals surface area contributed by atoms with Crippen molar-refractivity contribution in [2.75, 3.05) is 33.3 Å². The van der Waals surface area contributed by atoms with Gasteiger partial charge in [0.2, 0.25) is 0 Å². The van der Waals surface area contributed by atoms with Crippen LogP contribution in [0.15, 0.2) is 4.99 Å². The van der Waals surface area contributed by atoms with E-state index in [4.69, 9.17) is 9.73 Å². The van der Waals surface area contributed by atoms with E-state index in [1.54, 1.807) is 7.11 Å². The SMILES string of the molecule is CCNC(=NCC(OC)C(C)(C)C)N1CCCC1. The van der Waals surface area contributed by atoms with E-state index in [-0.39, 0.29) is 11.5 Å². The van der Waals surface area contributed by atoms with Crippen LogP contribution in [0.3, 0.4) is 0 Å². The van der Waals surface area contributed by atoms with Gasteiger partial charge in [0.05, 0.1) is 12.6 Å². The van der Waals surface area contributed by atoms with Gasteiger partial charge >= 0.3 is 0 Å². The smallest absolute Gasteiger partial charge is 0.194 e. The highest BCUT2D eigenvalue weighted by Gasteiger charge is 2.24. The second kappa shape index (κ2) is 6.98. The van der Waals surface area contributed by atoms with Gasteiger partial charge in [-0.25, -0.2) is 0 Å². The van der Waals surface area contributed by atoms with E-state index >= 15 is 0 Å². The van der Waals surface area contributed by atoms with Crippen molar-refractivity contribution in [1.82, 2.24) is 10.2 Å². The molecule has 1 rings (SSSR count). The lowest BCUT2D eigenvalue weighted by molar-refractivity contribution is 0.0240. The number of ether oxygens (including phenoxy) is 1. The minimum atomic E-state index is 0.126. The number of guanidine groups is 1. The Morgan fingerprint density at radius 1 is 1.33 bits per heavy atom. The summed E-state index contributed by atoms with van der Waals surface area (Å²) in [4.78, 5) is 7.09. The number of nitrogens with zero attached hydrogens (tertiary/aromatic N) is 2. The summed E-state index contributed by atoms with van der Waals surface area (Å²) in [6.07, 6.45) is 2.71. The van der Waals surface area contributed by atoms with Gasteiger partial charge in [0.1, 0.15) is 0 Å². The first-order valence-electron chi connectivity index (χ1n) is 7.05. The largest absolute Gasteiger partial charge is 0.379 e. The molecule has 1 unspecified atom stereocenters. The molecule has 0 radical (unpaired) electrons. The molecule has 1 heterocycles. The maximum atomic E-state index is 5.55. The highest BCUT2D eigenvalue weighted by Crippen LogP contribution is 2.22. The van der Waals surface area contributed by atoms with Crippen LogP contribution < -0.4 is 5.32 Å². The maximum Gasteiger partial charge on any atom is 0.194 e. The average Bonchev–Trinajstić information content (AvgIpc) is 2.80. The van der Waals surface area contributed by atoms with E-state index in [2.05, 4.69) is 37.9 Å². The minimum Gasteiger partial charge on any atom is -0.379 e. The monoisotopic (exact) mass is 255 g/mol. The second-order valence-electron chi connectivity index (χ2n) is 5.98. The van der Waals surface area contributed by atoms with Crippen LogP contribution in [-0.4, -0.2) is 50.3 Å². The number of hydrogen-bond acceptors (Lipinski definition) is 2. The lowest BCUT2D eigenvalue weighted by atomic mass is 9.89. The fraction of sp³-hybridized carbons (Fsp3) is 0.929. The van der Waals surface area contributed by atoms with Gasteiger partial charge in [0.15, 0.2) is 5.96 Å². The van der Waals surface area contributed by atoms with Gasteiger partial charge in [-0.15, -0.1) is 0 Å². The lowest BCUT2D eigenvalue weighted by Crippen LogP contribution is -2.41. The Labute approximate surface area is 112 Å². The molecule has 0 aromatic carbocycles. The van der Waals surface area contributed by atoms with E-state index in [0.717, 1.165) is 32.1 Å². The summed E-state index contributed by atoms with van der Waals surface area (Å²) in [7, 11) is 1.77. The van der Waals surface area contributed by atoms with Crippen LogP contribution in [0.1, 0.15) is 40.5 Å². The molecule has 18 heavy (non-hydrogen) atoms. The first kappa shape index (κ1) is 15.3. The Morgan fingerprint density at radius 3 is 2.39 bits per heavy atom. The number of nitrogens with one attached hydrogen (secondary N) is 1. The van der Waals surface area contributed by atoms with E-state index < -0.39 is 0 Å². The molecule has 0 saturated carbocycles. The summed E-state index contributed by atoms with van der Waals surface area (Å²) in [6, 6.07) is 0. The molecule has 0 amide bonds. The van der Waals surface area contributed by atoms with Gasteiger partial charge in [-0.05, 0) is 25.2 Å². The summed E-state index contributed by atoms with van der Waals surface area (Å²) in [5.74, 6) is 1.04. The van der Waals surface area contributed by atoms with Gasteiger partial charge in [-0.2, -0.15) is 0 Å². The molecule has 4 heteroatoms. The zero-order valence-electron chi connectivity index (χ0n) is 12.6. The first-order valence-corrected chi connectivity index (χ1v) is 7.05. The standard InChI is InChI=1S/C14H29N3O/c1-6-15-13(17-9-7-8-10-17)16-11-12(18-5)14(2,3)4/h12H,6-11H2,1-5H3,(H,15,16). The summed E-state index contributed by atoms with van der Waals surface area (Å²) in [5.41, 5.74) is 0.126. The number of rotatable bonds is 4. The molecule has 0 bridgehead atoms.